The average molecular weight is 190 g/mol. The summed E-state index contributed by atoms with van der Waals surface area (Å²) in [6.45, 7) is 1.91. The molecule has 0 radical (unpaired) electrons. The molecule has 0 aromatic carbocycles. The van der Waals surface area contributed by atoms with Crippen molar-refractivity contribution in [2.45, 2.75) is 6.92 Å². The third kappa shape index (κ3) is 1.19. The largest absolute Gasteiger partial charge is 0.383 e. The first-order valence-electron chi connectivity index (χ1n) is 4.51. The maximum Gasteiger partial charge on any atom is 0.138 e. The van der Waals surface area contributed by atoms with Gasteiger partial charge in [0.05, 0.1) is 11.4 Å². The number of rotatable bonds is 1. The fourth-order valence-corrected chi connectivity index (χ4v) is 1.43. The van der Waals surface area contributed by atoms with E-state index in [0.29, 0.717) is 5.82 Å². The lowest BCUT2D eigenvalue weighted by Gasteiger charge is -2.12. The Morgan fingerprint density at radius 3 is 2.71 bits per heavy atom. The number of nitrogens with zero attached hydrogens (tertiary/aromatic N) is 3. The van der Waals surface area contributed by atoms with E-state index in [9.17, 15) is 0 Å². The molecule has 74 valence electrons. The number of aromatic nitrogens is 2. The van der Waals surface area contributed by atoms with Crippen LogP contribution in [-0.4, -0.2) is 23.5 Å². The van der Waals surface area contributed by atoms with Gasteiger partial charge in [0, 0.05) is 20.3 Å². The summed E-state index contributed by atoms with van der Waals surface area (Å²) >= 11 is 0. The quantitative estimate of drug-likeness (QED) is 0.737. The van der Waals surface area contributed by atoms with Crippen LogP contribution in [0.3, 0.4) is 0 Å². The molecular formula is C10H14N4. The van der Waals surface area contributed by atoms with Gasteiger partial charge in [0.2, 0.25) is 0 Å². The third-order valence-electron chi connectivity index (χ3n) is 2.34. The molecule has 0 atom stereocenters. The molecule has 0 aliphatic heterocycles. The van der Waals surface area contributed by atoms with Crippen LogP contribution in [0.4, 0.5) is 11.5 Å². The Bertz CT molecular complexity index is 470. The number of hydrogen-bond acceptors (Lipinski definition) is 3. The van der Waals surface area contributed by atoms with Gasteiger partial charge in [-0.1, -0.05) is 0 Å². The van der Waals surface area contributed by atoms with Crippen LogP contribution in [0.15, 0.2) is 18.3 Å². The maximum absolute atomic E-state index is 5.89. The van der Waals surface area contributed by atoms with Crippen LogP contribution < -0.4 is 10.6 Å². The zero-order valence-electron chi connectivity index (χ0n) is 8.65. The molecule has 0 amide bonds. The topological polar surface area (TPSA) is 46.6 Å². The van der Waals surface area contributed by atoms with Gasteiger partial charge in [0.15, 0.2) is 0 Å². The van der Waals surface area contributed by atoms with Crippen LogP contribution in [0, 0.1) is 6.92 Å². The minimum absolute atomic E-state index is 0.712. The molecule has 0 saturated carbocycles. The standard InChI is InChI=1S/C10H14N4/c1-7-10(11)14-6-8(13(2)3)4-5-9(14)12-7/h4-6H,11H2,1-3H3. The lowest BCUT2D eigenvalue weighted by atomic mass is 10.4. The molecule has 0 spiro atoms. The van der Waals surface area contributed by atoms with Crippen molar-refractivity contribution in [2.75, 3.05) is 24.7 Å². The lowest BCUT2D eigenvalue weighted by molar-refractivity contribution is 1.09. The van der Waals surface area contributed by atoms with E-state index in [1.54, 1.807) is 0 Å². The van der Waals surface area contributed by atoms with E-state index in [1.807, 2.05) is 48.6 Å². The number of aryl methyl sites for hydroxylation is 1. The molecule has 4 nitrogen and oxygen atoms in total. The first-order chi connectivity index (χ1) is 6.59. The molecular weight excluding hydrogens is 176 g/mol. The highest BCUT2D eigenvalue weighted by molar-refractivity contribution is 5.57. The van der Waals surface area contributed by atoms with Crippen LogP contribution in [0.25, 0.3) is 5.65 Å². The number of fused-ring (bicyclic) bond motifs is 1. The lowest BCUT2D eigenvalue weighted by Crippen LogP contribution is -2.09. The summed E-state index contributed by atoms with van der Waals surface area (Å²) in [5.74, 6) is 0.712. The predicted octanol–water partition coefficient (Wildman–Crippen LogP) is 1.29. The molecule has 2 aromatic rings. The van der Waals surface area contributed by atoms with E-state index >= 15 is 0 Å². The summed E-state index contributed by atoms with van der Waals surface area (Å²) < 4.78 is 1.91. The van der Waals surface area contributed by atoms with Gasteiger partial charge in [-0.25, -0.2) is 4.98 Å². The molecule has 2 N–H and O–H groups in total. The zero-order chi connectivity index (χ0) is 10.3. The van der Waals surface area contributed by atoms with E-state index in [1.165, 1.54) is 0 Å². The minimum atomic E-state index is 0.712. The smallest absolute Gasteiger partial charge is 0.138 e. The Kier molecular flexibility index (Phi) is 1.84. The molecule has 2 aromatic heterocycles. The maximum atomic E-state index is 5.89. The first-order valence-corrected chi connectivity index (χ1v) is 4.51. The summed E-state index contributed by atoms with van der Waals surface area (Å²) in [7, 11) is 4.00. The average Bonchev–Trinajstić information content (AvgIpc) is 2.43. The summed E-state index contributed by atoms with van der Waals surface area (Å²) in [5, 5.41) is 0. The predicted molar refractivity (Wildman–Crippen MR) is 58.7 cm³/mol. The molecule has 0 aliphatic carbocycles. The van der Waals surface area contributed by atoms with E-state index in [-0.39, 0.29) is 0 Å². The van der Waals surface area contributed by atoms with Gasteiger partial charge in [-0.3, -0.25) is 4.40 Å². The molecule has 14 heavy (non-hydrogen) atoms. The fraction of sp³-hybridized carbons (Fsp3) is 0.300. The summed E-state index contributed by atoms with van der Waals surface area (Å²) in [6, 6.07) is 4.00. The van der Waals surface area contributed by atoms with Crippen molar-refractivity contribution in [2.24, 2.45) is 0 Å². The van der Waals surface area contributed by atoms with Gasteiger partial charge in [0.25, 0.3) is 0 Å². The van der Waals surface area contributed by atoms with Crippen molar-refractivity contribution in [1.29, 1.82) is 0 Å². The van der Waals surface area contributed by atoms with E-state index in [4.69, 9.17) is 5.73 Å². The van der Waals surface area contributed by atoms with Gasteiger partial charge < -0.3 is 10.6 Å². The second-order valence-corrected chi connectivity index (χ2v) is 3.59. The third-order valence-corrected chi connectivity index (χ3v) is 2.34. The Balaban J connectivity index is 2.69. The highest BCUT2D eigenvalue weighted by Crippen LogP contribution is 2.18. The Morgan fingerprint density at radius 2 is 2.07 bits per heavy atom. The number of imidazole rings is 1. The van der Waals surface area contributed by atoms with Crippen molar-refractivity contribution < 1.29 is 0 Å². The number of pyridine rings is 1. The highest BCUT2D eigenvalue weighted by atomic mass is 15.1. The second-order valence-electron chi connectivity index (χ2n) is 3.59. The number of nitrogens with two attached hydrogens (primary N) is 1. The first kappa shape index (κ1) is 8.87. The molecule has 4 heteroatoms. The Hall–Kier alpha value is -1.71. The molecule has 0 aliphatic rings. The van der Waals surface area contributed by atoms with Crippen molar-refractivity contribution >= 4 is 17.2 Å². The highest BCUT2D eigenvalue weighted by Gasteiger charge is 2.05. The number of anilines is 2. The van der Waals surface area contributed by atoms with Gasteiger partial charge in [0.1, 0.15) is 11.5 Å². The minimum Gasteiger partial charge on any atom is -0.383 e. The Labute approximate surface area is 83.0 Å². The van der Waals surface area contributed by atoms with Crippen LogP contribution in [0.5, 0.6) is 0 Å². The van der Waals surface area contributed by atoms with Crippen LogP contribution in [0.2, 0.25) is 0 Å². The SMILES string of the molecule is Cc1nc2ccc(N(C)C)cn2c1N. The van der Waals surface area contributed by atoms with Crippen molar-refractivity contribution in [3.05, 3.63) is 24.0 Å². The summed E-state index contributed by atoms with van der Waals surface area (Å²) in [5.41, 5.74) is 8.77. The van der Waals surface area contributed by atoms with Crippen molar-refractivity contribution in [3.8, 4) is 0 Å². The van der Waals surface area contributed by atoms with Gasteiger partial charge in [-0.05, 0) is 19.1 Å². The van der Waals surface area contributed by atoms with Gasteiger partial charge in [-0.2, -0.15) is 0 Å². The molecule has 0 fully saturated rings. The van der Waals surface area contributed by atoms with E-state index in [0.717, 1.165) is 17.0 Å². The van der Waals surface area contributed by atoms with Gasteiger partial charge >= 0.3 is 0 Å². The monoisotopic (exact) mass is 190 g/mol. The number of nitrogen functional groups attached to an aromatic ring is 1. The van der Waals surface area contributed by atoms with Crippen LogP contribution >= 0.6 is 0 Å². The Morgan fingerprint density at radius 1 is 1.36 bits per heavy atom. The second kappa shape index (κ2) is 2.90. The molecule has 0 unspecified atom stereocenters. The zero-order valence-corrected chi connectivity index (χ0v) is 8.65. The van der Waals surface area contributed by atoms with E-state index in [2.05, 4.69) is 4.98 Å². The van der Waals surface area contributed by atoms with Gasteiger partial charge in [-0.15, -0.1) is 0 Å². The molecule has 0 saturated heterocycles. The molecule has 2 rings (SSSR count). The van der Waals surface area contributed by atoms with Crippen LogP contribution in [0.1, 0.15) is 5.69 Å². The van der Waals surface area contributed by atoms with Crippen molar-refractivity contribution in [1.82, 2.24) is 9.38 Å². The molecule has 0 bridgehead atoms. The van der Waals surface area contributed by atoms with Crippen molar-refractivity contribution in [3.63, 3.8) is 0 Å². The summed E-state index contributed by atoms with van der Waals surface area (Å²) in [4.78, 5) is 6.37. The molecule has 2 heterocycles. The normalized spacial score (nSPS) is 10.8. The van der Waals surface area contributed by atoms with E-state index < -0.39 is 0 Å². The fourth-order valence-electron chi connectivity index (χ4n) is 1.43. The van der Waals surface area contributed by atoms with Crippen LogP contribution in [-0.2, 0) is 0 Å². The number of hydrogen-bond donors (Lipinski definition) is 1. The summed E-state index contributed by atoms with van der Waals surface area (Å²) in [6.07, 6.45) is 1.99.